The van der Waals surface area contributed by atoms with E-state index < -0.39 is 35.8 Å². The van der Waals surface area contributed by atoms with Crippen LogP contribution in [0.1, 0.15) is 187 Å². The number of aromatic nitrogens is 2. The summed E-state index contributed by atoms with van der Waals surface area (Å²) in [6.07, 6.45) is 48.4. The number of hydrogen-bond acceptors (Lipinski definition) is 7. The van der Waals surface area contributed by atoms with E-state index in [2.05, 4.69) is 67.4 Å². The third-order valence-corrected chi connectivity index (χ3v) is 11.1. The molecule has 4 atom stereocenters. The highest BCUT2D eigenvalue weighted by Gasteiger charge is 2.45. The van der Waals surface area contributed by atoms with Gasteiger partial charge in [0.1, 0.15) is 18.3 Å². The lowest BCUT2D eigenvalue weighted by Crippen LogP contribution is -2.40. The summed E-state index contributed by atoms with van der Waals surface area (Å²) in [5.74, 6) is 0. The Morgan fingerprint density at radius 2 is 1.18 bits per heavy atom. The summed E-state index contributed by atoms with van der Waals surface area (Å²) >= 11 is 0. The van der Waals surface area contributed by atoms with Crippen molar-refractivity contribution in [3.8, 4) is 0 Å². The van der Waals surface area contributed by atoms with Crippen LogP contribution in [-0.2, 0) is 14.3 Å². The zero-order chi connectivity index (χ0) is 41.2. The summed E-state index contributed by atoms with van der Waals surface area (Å²) < 4.78 is 12.9. The van der Waals surface area contributed by atoms with E-state index in [1.165, 1.54) is 152 Å². The van der Waals surface area contributed by atoms with Gasteiger partial charge in [0.15, 0.2) is 6.23 Å². The number of aliphatic hydroxyl groups excluding tert-OH is 1. The molecule has 1 saturated heterocycles. The van der Waals surface area contributed by atoms with Crippen molar-refractivity contribution in [3.63, 3.8) is 0 Å². The highest BCUT2D eigenvalue weighted by Crippen LogP contribution is 2.31. The van der Waals surface area contributed by atoms with E-state index in [0.29, 0.717) is 0 Å². The lowest BCUT2D eigenvalue weighted by Gasteiger charge is -2.29. The molecule has 0 aliphatic carbocycles. The average Bonchev–Trinajstić information content (AvgIpc) is 3.52. The van der Waals surface area contributed by atoms with Gasteiger partial charge in [0.25, 0.3) is 5.56 Å². The van der Waals surface area contributed by atoms with Crippen LogP contribution in [0.25, 0.3) is 0 Å². The van der Waals surface area contributed by atoms with Gasteiger partial charge in [-0.2, -0.15) is 5.06 Å². The summed E-state index contributed by atoms with van der Waals surface area (Å²) in [6, 6.07) is 1.53. The highest BCUT2D eigenvalue weighted by atomic mass is 16.7. The molecular formula is C48H83N3O6. The van der Waals surface area contributed by atoms with Gasteiger partial charge in [0, 0.05) is 32.5 Å². The van der Waals surface area contributed by atoms with Gasteiger partial charge < -0.3 is 14.6 Å². The number of ether oxygens (including phenoxy) is 2. The summed E-state index contributed by atoms with van der Waals surface area (Å²) in [5.41, 5.74) is -1.10. The summed E-state index contributed by atoms with van der Waals surface area (Å²) in [4.78, 5) is 32.6. The lowest BCUT2D eigenvalue weighted by atomic mass is 9.99. The Morgan fingerprint density at radius 3 is 1.63 bits per heavy atom. The number of hydrogen-bond donors (Lipinski definition) is 2. The molecule has 0 bridgehead atoms. The topological polar surface area (TPSA) is 106 Å². The van der Waals surface area contributed by atoms with Gasteiger partial charge in [-0.15, -0.1) is 0 Å². The zero-order valence-corrected chi connectivity index (χ0v) is 36.6. The van der Waals surface area contributed by atoms with Crippen LogP contribution in [0.3, 0.4) is 0 Å². The molecule has 2 N–H and O–H groups in total. The summed E-state index contributed by atoms with van der Waals surface area (Å²) in [5, 5.41) is 13.0. The highest BCUT2D eigenvalue weighted by molar-refractivity contribution is 4.95. The first-order valence-electron chi connectivity index (χ1n) is 23.1. The molecule has 0 amide bonds. The lowest BCUT2D eigenvalue weighted by molar-refractivity contribution is -0.202. The molecule has 2 rings (SSSR count). The number of aromatic amines is 1. The third kappa shape index (κ3) is 23.6. The number of hydroxylamine groups is 2. The molecule has 2 heterocycles. The van der Waals surface area contributed by atoms with E-state index in [-0.39, 0.29) is 12.6 Å². The van der Waals surface area contributed by atoms with Crippen molar-refractivity contribution in [2.45, 2.75) is 211 Å². The van der Waals surface area contributed by atoms with E-state index in [0.717, 1.165) is 38.5 Å². The second-order valence-corrected chi connectivity index (χ2v) is 16.0. The van der Waals surface area contributed by atoms with Gasteiger partial charge in [-0.3, -0.25) is 19.2 Å². The van der Waals surface area contributed by atoms with E-state index >= 15 is 0 Å². The molecule has 326 valence electrons. The van der Waals surface area contributed by atoms with Gasteiger partial charge in [0.2, 0.25) is 0 Å². The molecule has 9 nitrogen and oxygen atoms in total. The molecule has 0 spiro atoms. The van der Waals surface area contributed by atoms with Gasteiger partial charge in [-0.1, -0.05) is 152 Å². The smallest absolute Gasteiger partial charge is 0.330 e. The van der Waals surface area contributed by atoms with Crippen LogP contribution in [-0.4, -0.2) is 64.8 Å². The van der Waals surface area contributed by atoms with Gasteiger partial charge >= 0.3 is 5.69 Å². The Kier molecular flexibility index (Phi) is 30.5. The fourth-order valence-electron chi connectivity index (χ4n) is 7.50. The van der Waals surface area contributed by atoms with E-state index in [4.69, 9.17) is 14.3 Å². The Labute approximate surface area is 347 Å². The van der Waals surface area contributed by atoms with Crippen molar-refractivity contribution in [3.05, 3.63) is 81.7 Å². The van der Waals surface area contributed by atoms with Crippen molar-refractivity contribution >= 4 is 0 Å². The van der Waals surface area contributed by atoms with E-state index in [9.17, 15) is 14.7 Å². The largest absolute Gasteiger partial charge is 0.387 e. The molecule has 0 saturated carbocycles. The minimum Gasteiger partial charge on any atom is -0.387 e. The fourth-order valence-corrected chi connectivity index (χ4v) is 7.50. The number of unbranched alkanes of at least 4 members (excludes halogenated alkanes) is 18. The number of nitrogens with one attached hydrogen (secondary N) is 1. The molecule has 1 aliphatic heterocycles. The number of aliphatic hydroxyl groups is 1. The monoisotopic (exact) mass is 798 g/mol. The van der Waals surface area contributed by atoms with Gasteiger partial charge in [-0.05, 0) is 77.0 Å². The third-order valence-electron chi connectivity index (χ3n) is 11.1. The molecule has 0 aromatic carbocycles. The van der Waals surface area contributed by atoms with Crippen LogP contribution >= 0.6 is 0 Å². The van der Waals surface area contributed by atoms with Crippen molar-refractivity contribution < 1.29 is 19.4 Å². The van der Waals surface area contributed by atoms with Crippen LogP contribution < -0.4 is 11.2 Å². The predicted molar refractivity (Wildman–Crippen MR) is 237 cm³/mol. The average molecular weight is 798 g/mol. The maximum Gasteiger partial charge on any atom is 0.330 e. The molecule has 1 aromatic heterocycles. The molecular weight excluding hydrogens is 715 g/mol. The first-order chi connectivity index (χ1) is 27.9. The second-order valence-electron chi connectivity index (χ2n) is 16.0. The second kappa shape index (κ2) is 34.3. The van der Waals surface area contributed by atoms with Gasteiger partial charge in [0.05, 0.1) is 6.61 Å². The van der Waals surface area contributed by atoms with E-state index in [1.807, 2.05) is 12.1 Å². The minimum absolute atomic E-state index is 0.135. The van der Waals surface area contributed by atoms with Crippen LogP contribution in [0.2, 0.25) is 0 Å². The SMILES string of the molecule is CCCCC/C=C\C/C=C\CCCCCCCCC(CCCCCCCC/C=C\C/C=C\CCCCC)N(C)OC[C@H]1O[C@@H](n2ccc(=O)[nH]c2=O)[C@@H](OC)C1O. The normalized spacial score (nSPS) is 19.0. The Hall–Kier alpha value is -2.56. The van der Waals surface area contributed by atoms with Crippen molar-refractivity contribution in [2.24, 2.45) is 0 Å². The number of rotatable bonds is 36. The standard InChI is InChI=1S/C48H83N3O6/c1-5-7-9-11-13-15-17-19-21-23-25-27-29-31-33-35-37-42(38-36-34-32-30-28-26-24-22-20-18-16-14-12-10-8-6-2)50(3)56-41-43-45(53)46(55-4)47(57-43)51-40-39-44(52)49-48(51)54/h13-16,19-22,39-40,42-43,45-47,53H,5-12,17-18,23-38,41H2,1-4H3,(H,49,52,54)/b15-13-,16-14-,21-19-,22-20-/t43-,45?,46+,47-/m1/s1. The van der Waals surface area contributed by atoms with Crippen LogP contribution in [0, 0.1) is 0 Å². The van der Waals surface area contributed by atoms with Crippen LogP contribution in [0.5, 0.6) is 0 Å². The zero-order valence-electron chi connectivity index (χ0n) is 36.6. The molecule has 1 fully saturated rings. The van der Waals surface area contributed by atoms with Gasteiger partial charge in [-0.25, -0.2) is 4.79 Å². The number of nitrogens with zero attached hydrogens (tertiary/aromatic N) is 2. The van der Waals surface area contributed by atoms with Crippen LogP contribution in [0.4, 0.5) is 0 Å². The minimum atomic E-state index is -0.994. The predicted octanol–water partition coefficient (Wildman–Crippen LogP) is 11.4. The first-order valence-corrected chi connectivity index (χ1v) is 23.1. The Bertz CT molecular complexity index is 1290. The van der Waals surface area contributed by atoms with Crippen molar-refractivity contribution in [2.75, 3.05) is 20.8 Å². The quantitative estimate of drug-likeness (QED) is 0.0396. The maximum absolute atomic E-state index is 12.5. The number of methoxy groups -OCH3 is 1. The summed E-state index contributed by atoms with van der Waals surface area (Å²) in [6.45, 7) is 4.64. The van der Waals surface area contributed by atoms with Crippen molar-refractivity contribution in [1.82, 2.24) is 14.6 Å². The van der Waals surface area contributed by atoms with Crippen molar-refractivity contribution in [1.29, 1.82) is 0 Å². The molecule has 9 heteroatoms. The molecule has 0 radical (unpaired) electrons. The first kappa shape index (κ1) is 50.6. The van der Waals surface area contributed by atoms with Crippen LogP contribution in [0.15, 0.2) is 70.5 Å². The molecule has 1 unspecified atom stereocenters. The molecule has 1 aromatic rings. The molecule has 1 aliphatic rings. The van der Waals surface area contributed by atoms with E-state index in [1.54, 1.807) is 0 Å². The molecule has 57 heavy (non-hydrogen) atoms. The fraction of sp³-hybridized carbons (Fsp3) is 0.750. The summed E-state index contributed by atoms with van der Waals surface area (Å²) in [7, 11) is 3.47. The number of H-pyrrole nitrogens is 1. The Morgan fingerprint density at radius 1 is 0.719 bits per heavy atom. The maximum atomic E-state index is 12.5. The number of allylic oxidation sites excluding steroid dienone is 8. The Balaban J connectivity index is 1.74.